The first-order chi connectivity index (χ1) is 12.6. The quantitative estimate of drug-likeness (QED) is 0.620. The number of fused-ring (bicyclic) bond motifs is 1. The maximum Gasteiger partial charge on any atom is 0.240 e. The van der Waals surface area contributed by atoms with Crippen LogP contribution < -0.4 is 4.90 Å². The SMILES string of the molecule is CC(Sc1nc2ccccc2n1C)C(=O)N(CCC#N)c1ccccc1. The number of carbonyl (C=O) groups excluding carboxylic acids is 1. The molecule has 2 aromatic carbocycles. The third-order valence-corrected chi connectivity index (χ3v) is 5.29. The van der Waals surface area contributed by atoms with Crippen molar-refractivity contribution in [2.45, 2.75) is 23.8 Å². The highest BCUT2D eigenvalue weighted by atomic mass is 32.2. The fourth-order valence-corrected chi connectivity index (χ4v) is 3.74. The smallest absolute Gasteiger partial charge is 0.240 e. The molecule has 0 saturated carbocycles. The molecule has 0 saturated heterocycles. The third kappa shape index (κ3) is 3.73. The van der Waals surface area contributed by atoms with Gasteiger partial charge in [-0.05, 0) is 31.2 Å². The van der Waals surface area contributed by atoms with Crippen molar-refractivity contribution in [1.29, 1.82) is 5.26 Å². The summed E-state index contributed by atoms with van der Waals surface area (Å²) in [5, 5.41) is 9.42. The first-order valence-electron chi connectivity index (χ1n) is 8.43. The van der Waals surface area contributed by atoms with Gasteiger partial charge in [0.25, 0.3) is 0 Å². The Labute approximate surface area is 157 Å². The highest BCUT2D eigenvalue weighted by Crippen LogP contribution is 2.28. The van der Waals surface area contributed by atoms with Crippen molar-refractivity contribution in [3.05, 3.63) is 54.6 Å². The van der Waals surface area contributed by atoms with Crippen LogP contribution in [0.2, 0.25) is 0 Å². The monoisotopic (exact) mass is 364 g/mol. The number of aromatic nitrogens is 2. The maximum absolute atomic E-state index is 13.0. The zero-order valence-electron chi connectivity index (χ0n) is 14.8. The largest absolute Gasteiger partial charge is 0.322 e. The van der Waals surface area contributed by atoms with Crippen molar-refractivity contribution in [2.75, 3.05) is 11.4 Å². The summed E-state index contributed by atoms with van der Waals surface area (Å²) in [7, 11) is 1.96. The van der Waals surface area contributed by atoms with Crippen LogP contribution >= 0.6 is 11.8 Å². The van der Waals surface area contributed by atoms with Crippen molar-refractivity contribution < 1.29 is 4.79 Å². The second-order valence-electron chi connectivity index (χ2n) is 5.94. The minimum absolute atomic E-state index is 0.0245. The van der Waals surface area contributed by atoms with Crippen LogP contribution in [0.15, 0.2) is 59.8 Å². The van der Waals surface area contributed by atoms with Crippen molar-refractivity contribution in [2.24, 2.45) is 7.05 Å². The lowest BCUT2D eigenvalue weighted by Crippen LogP contribution is -2.37. The average molecular weight is 364 g/mol. The summed E-state index contributed by atoms with van der Waals surface area (Å²) in [6.45, 7) is 2.27. The lowest BCUT2D eigenvalue weighted by molar-refractivity contribution is -0.117. The van der Waals surface area contributed by atoms with Crippen LogP contribution in [0.3, 0.4) is 0 Å². The number of hydrogen-bond acceptors (Lipinski definition) is 4. The van der Waals surface area contributed by atoms with E-state index in [0.717, 1.165) is 21.9 Å². The van der Waals surface area contributed by atoms with Crippen molar-refractivity contribution in [3.8, 4) is 6.07 Å². The summed E-state index contributed by atoms with van der Waals surface area (Å²) in [5.41, 5.74) is 2.77. The molecule has 0 N–H and O–H groups in total. The lowest BCUT2D eigenvalue weighted by Gasteiger charge is -2.24. The van der Waals surface area contributed by atoms with Crippen LogP contribution in [0.1, 0.15) is 13.3 Å². The molecule has 6 heteroatoms. The Balaban J connectivity index is 1.82. The summed E-state index contributed by atoms with van der Waals surface area (Å²) in [6.07, 6.45) is 0.296. The first-order valence-corrected chi connectivity index (χ1v) is 9.31. The molecule has 3 aromatic rings. The minimum Gasteiger partial charge on any atom is -0.322 e. The van der Waals surface area contributed by atoms with Gasteiger partial charge >= 0.3 is 0 Å². The standard InChI is InChI=1S/C20H20N4OS/c1-15(26-20-22-17-11-6-7-12-18(17)23(20)2)19(25)24(14-8-13-21)16-9-4-3-5-10-16/h3-7,9-12,15H,8,14H2,1-2H3. The Morgan fingerprint density at radius 3 is 2.62 bits per heavy atom. The molecular weight excluding hydrogens is 344 g/mol. The summed E-state index contributed by atoms with van der Waals surface area (Å²) in [5.74, 6) is -0.0245. The number of imidazole rings is 1. The van der Waals surface area contributed by atoms with Gasteiger partial charge in [-0.1, -0.05) is 42.1 Å². The van der Waals surface area contributed by atoms with Gasteiger partial charge in [0.05, 0.1) is 28.8 Å². The summed E-state index contributed by atoms with van der Waals surface area (Å²) in [6, 6.07) is 19.5. The fraction of sp³-hybridized carbons (Fsp3) is 0.250. The Morgan fingerprint density at radius 2 is 1.92 bits per heavy atom. The van der Waals surface area contributed by atoms with Gasteiger partial charge in [-0.2, -0.15) is 5.26 Å². The van der Waals surface area contributed by atoms with Crippen molar-refractivity contribution in [3.63, 3.8) is 0 Å². The molecule has 1 atom stereocenters. The number of rotatable bonds is 6. The molecule has 0 aliphatic carbocycles. The van der Waals surface area contributed by atoms with Gasteiger partial charge < -0.3 is 9.47 Å². The van der Waals surface area contributed by atoms with Gasteiger partial charge in [0, 0.05) is 19.3 Å². The van der Waals surface area contributed by atoms with Crippen LogP contribution in [0.4, 0.5) is 5.69 Å². The van der Waals surface area contributed by atoms with Crippen LogP contribution in [-0.4, -0.2) is 27.3 Å². The molecule has 1 aromatic heterocycles. The normalized spacial score (nSPS) is 11.9. The molecule has 0 fully saturated rings. The molecule has 26 heavy (non-hydrogen) atoms. The van der Waals surface area contributed by atoms with Gasteiger partial charge in [0.15, 0.2) is 5.16 Å². The second kappa shape index (κ2) is 8.07. The highest BCUT2D eigenvalue weighted by Gasteiger charge is 2.24. The highest BCUT2D eigenvalue weighted by molar-refractivity contribution is 8.00. The van der Waals surface area contributed by atoms with Gasteiger partial charge in [0.1, 0.15) is 0 Å². The van der Waals surface area contributed by atoms with Crippen LogP contribution in [0, 0.1) is 11.3 Å². The number of benzene rings is 2. The van der Waals surface area contributed by atoms with Crippen LogP contribution in [0.25, 0.3) is 11.0 Å². The van der Waals surface area contributed by atoms with Crippen molar-refractivity contribution >= 4 is 34.4 Å². The van der Waals surface area contributed by atoms with Crippen LogP contribution in [0.5, 0.6) is 0 Å². The molecular formula is C20H20N4OS. The Hall–Kier alpha value is -2.78. The molecule has 0 radical (unpaired) electrons. The lowest BCUT2D eigenvalue weighted by atomic mass is 10.2. The van der Waals surface area contributed by atoms with E-state index in [9.17, 15) is 4.79 Å². The van der Waals surface area contributed by atoms with Crippen LogP contribution in [-0.2, 0) is 11.8 Å². The van der Waals surface area contributed by atoms with E-state index in [2.05, 4.69) is 11.1 Å². The number of hydrogen-bond donors (Lipinski definition) is 0. The predicted octanol–water partition coefficient (Wildman–Crippen LogP) is 4.00. The summed E-state index contributed by atoms with van der Waals surface area (Å²) >= 11 is 1.44. The van der Waals surface area contributed by atoms with E-state index in [1.807, 2.05) is 73.1 Å². The van der Waals surface area contributed by atoms with E-state index in [0.29, 0.717) is 13.0 Å². The Morgan fingerprint density at radius 1 is 1.23 bits per heavy atom. The summed E-state index contributed by atoms with van der Waals surface area (Å²) < 4.78 is 2.01. The van der Waals surface area contributed by atoms with E-state index in [1.165, 1.54) is 11.8 Å². The number of anilines is 1. The van der Waals surface area contributed by atoms with E-state index in [4.69, 9.17) is 5.26 Å². The molecule has 0 aliphatic heterocycles. The molecule has 1 amide bonds. The summed E-state index contributed by atoms with van der Waals surface area (Å²) in [4.78, 5) is 19.4. The molecule has 0 bridgehead atoms. The topological polar surface area (TPSA) is 61.9 Å². The van der Waals surface area contributed by atoms with Gasteiger partial charge in [0.2, 0.25) is 5.91 Å². The van der Waals surface area contributed by atoms with Gasteiger partial charge in [-0.25, -0.2) is 4.98 Å². The first kappa shape index (κ1) is 18.0. The number of thioether (sulfide) groups is 1. The predicted molar refractivity (Wildman–Crippen MR) is 105 cm³/mol. The fourth-order valence-electron chi connectivity index (χ4n) is 2.79. The Kier molecular flexibility index (Phi) is 5.59. The minimum atomic E-state index is -0.315. The molecule has 0 aliphatic rings. The van der Waals surface area contributed by atoms with E-state index >= 15 is 0 Å². The number of nitrogens with zero attached hydrogens (tertiary/aromatic N) is 4. The molecule has 1 unspecified atom stereocenters. The van der Waals surface area contributed by atoms with Gasteiger partial charge in [-0.15, -0.1) is 0 Å². The Bertz CT molecular complexity index is 945. The molecule has 0 spiro atoms. The van der Waals surface area contributed by atoms with Gasteiger partial charge in [-0.3, -0.25) is 4.79 Å². The zero-order valence-corrected chi connectivity index (χ0v) is 15.6. The zero-order chi connectivity index (χ0) is 18.5. The molecule has 1 heterocycles. The number of nitriles is 1. The third-order valence-electron chi connectivity index (χ3n) is 4.16. The van der Waals surface area contributed by atoms with E-state index < -0.39 is 0 Å². The number of para-hydroxylation sites is 3. The van der Waals surface area contributed by atoms with E-state index in [-0.39, 0.29) is 11.2 Å². The maximum atomic E-state index is 13.0. The van der Waals surface area contributed by atoms with Crippen molar-refractivity contribution in [1.82, 2.24) is 9.55 Å². The molecule has 3 rings (SSSR count). The average Bonchev–Trinajstić information content (AvgIpc) is 2.98. The second-order valence-corrected chi connectivity index (χ2v) is 7.24. The molecule has 132 valence electrons. The number of aryl methyl sites for hydroxylation is 1. The van der Waals surface area contributed by atoms with E-state index in [1.54, 1.807) is 4.90 Å². The number of amides is 1. The number of carbonyl (C=O) groups is 1. The molecule has 5 nitrogen and oxygen atoms in total.